The Balaban J connectivity index is 2.65. The van der Waals surface area contributed by atoms with Crippen molar-refractivity contribution in [1.82, 2.24) is 9.55 Å². The third-order valence-electron chi connectivity index (χ3n) is 2.93. The minimum Gasteiger partial charge on any atom is -0.465 e. The maximum atomic E-state index is 11.5. The predicted molar refractivity (Wildman–Crippen MR) is 70.5 cm³/mol. The molecule has 0 amide bonds. The number of rotatable bonds is 3. The quantitative estimate of drug-likeness (QED) is 0.843. The maximum Gasteiger partial charge on any atom is 0.337 e. The zero-order valence-electron chi connectivity index (χ0n) is 10.9. The summed E-state index contributed by atoms with van der Waals surface area (Å²) in [6, 6.07) is 3.53. The topological polar surface area (TPSA) is 70.1 Å². The van der Waals surface area contributed by atoms with Gasteiger partial charge in [-0.2, -0.15) is 0 Å². The molecular weight excluding hydrogens is 230 g/mol. The molecule has 0 aliphatic heterocycles. The van der Waals surface area contributed by atoms with Crippen LogP contribution in [0.3, 0.4) is 0 Å². The summed E-state index contributed by atoms with van der Waals surface area (Å²) in [6.07, 6.45) is 0.980. The third kappa shape index (κ3) is 1.92. The molecule has 0 spiro atoms. The van der Waals surface area contributed by atoms with Crippen LogP contribution in [0.2, 0.25) is 0 Å². The van der Waals surface area contributed by atoms with Crippen LogP contribution in [0.25, 0.3) is 11.0 Å². The summed E-state index contributed by atoms with van der Waals surface area (Å²) in [6.45, 7) is 4.85. The molecule has 18 heavy (non-hydrogen) atoms. The van der Waals surface area contributed by atoms with Crippen molar-refractivity contribution in [3.05, 3.63) is 23.3 Å². The maximum absolute atomic E-state index is 11.5. The van der Waals surface area contributed by atoms with E-state index in [4.69, 9.17) is 10.5 Å². The lowest BCUT2D eigenvalue weighted by atomic mass is 10.1. The van der Waals surface area contributed by atoms with E-state index in [1.807, 2.05) is 11.5 Å². The van der Waals surface area contributed by atoms with Gasteiger partial charge in [0.2, 0.25) is 5.95 Å². The molecule has 0 atom stereocenters. The van der Waals surface area contributed by atoms with Gasteiger partial charge in [-0.05, 0) is 31.0 Å². The molecule has 0 fully saturated rings. The number of imidazole rings is 1. The molecule has 5 heteroatoms. The van der Waals surface area contributed by atoms with Gasteiger partial charge in [0.25, 0.3) is 0 Å². The molecule has 0 radical (unpaired) electrons. The van der Waals surface area contributed by atoms with Crippen LogP contribution in [0.5, 0.6) is 0 Å². The van der Waals surface area contributed by atoms with Gasteiger partial charge in [-0.25, -0.2) is 9.78 Å². The van der Waals surface area contributed by atoms with E-state index in [1.165, 1.54) is 7.11 Å². The Labute approximate surface area is 106 Å². The number of aromatic nitrogens is 2. The van der Waals surface area contributed by atoms with Crippen molar-refractivity contribution in [2.45, 2.75) is 26.8 Å². The first-order chi connectivity index (χ1) is 8.58. The number of carbonyl (C=O) groups is 1. The van der Waals surface area contributed by atoms with Gasteiger partial charge in [-0.15, -0.1) is 0 Å². The standard InChI is InChI=1S/C13H17N3O2/c1-4-5-16-11-8(2)6-9(12(17)18-3)7-10(11)15-13(16)14/h6-7H,4-5H2,1-3H3,(H2,14,15). The van der Waals surface area contributed by atoms with E-state index in [1.54, 1.807) is 12.1 Å². The Morgan fingerprint density at radius 2 is 2.22 bits per heavy atom. The highest BCUT2D eigenvalue weighted by Crippen LogP contribution is 2.24. The first-order valence-corrected chi connectivity index (χ1v) is 5.93. The van der Waals surface area contributed by atoms with E-state index in [0.717, 1.165) is 29.6 Å². The fraction of sp³-hybridized carbons (Fsp3) is 0.385. The number of fused-ring (bicyclic) bond motifs is 1. The van der Waals surface area contributed by atoms with Crippen molar-refractivity contribution in [2.75, 3.05) is 12.8 Å². The monoisotopic (exact) mass is 247 g/mol. The highest BCUT2D eigenvalue weighted by molar-refractivity contribution is 5.95. The molecule has 0 saturated carbocycles. The average molecular weight is 247 g/mol. The van der Waals surface area contributed by atoms with E-state index >= 15 is 0 Å². The average Bonchev–Trinajstić information content (AvgIpc) is 2.66. The van der Waals surface area contributed by atoms with E-state index < -0.39 is 0 Å². The van der Waals surface area contributed by atoms with Crippen molar-refractivity contribution in [2.24, 2.45) is 0 Å². The Kier molecular flexibility index (Phi) is 3.23. The first-order valence-electron chi connectivity index (χ1n) is 5.93. The zero-order valence-corrected chi connectivity index (χ0v) is 10.9. The third-order valence-corrected chi connectivity index (χ3v) is 2.93. The van der Waals surface area contributed by atoms with Gasteiger partial charge in [0.15, 0.2) is 0 Å². The van der Waals surface area contributed by atoms with Crippen LogP contribution >= 0.6 is 0 Å². The summed E-state index contributed by atoms with van der Waals surface area (Å²) < 4.78 is 6.70. The second-order valence-electron chi connectivity index (χ2n) is 4.27. The number of hydrogen-bond donors (Lipinski definition) is 1. The molecule has 0 aliphatic rings. The number of aryl methyl sites for hydroxylation is 2. The predicted octanol–water partition coefficient (Wildman–Crippen LogP) is 2.12. The number of nitrogens with zero attached hydrogens (tertiary/aromatic N) is 2. The van der Waals surface area contributed by atoms with Crippen LogP contribution in [0.4, 0.5) is 5.95 Å². The number of benzene rings is 1. The van der Waals surface area contributed by atoms with E-state index in [0.29, 0.717) is 11.5 Å². The SMILES string of the molecule is CCCn1c(N)nc2cc(C(=O)OC)cc(C)c21. The molecule has 1 heterocycles. The van der Waals surface area contributed by atoms with Crippen molar-refractivity contribution in [3.8, 4) is 0 Å². The van der Waals surface area contributed by atoms with Gasteiger partial charge in [-0.3, -0.25) is 0 Å². The molecule has 0 aliphatic carbocycles. The largest absolute Gasteiger partial charge is 0.465 e. The molecule has 0 unspecified atom stereocenters. The van der Waals surface area contributed by atoms with Gasteiger partial charge >= 0.3 is 5.97 Å². The second-order valence-corrected chi connectivity index (χ2v) is 4.27. The number of nitrogens with two attached hydrogens (primary N) is 1. The van der Waals surface area contributed by atoms with Crippen molar-refractivity contribution in [1.29, 1.82) is 0 Å². The van der Waals surface area contributed by atoms with Crippen LogP contribution in [-0.4, -0.2) is 22.6 Å². The van der Waals surface area contributed by atoms with E-state index in [9.17, 15) is 4.79 Å². The second kappa shape index (κ2) is 4.68. The minimum absolute atomic E-state index is 0.358. The highest BCUT2D eigenvalue weighted by atomic mass is 16.5. The van der Waals surface area contributed by atoms with Gasteiger partial charge in [-0.1, -0.05) is 6.92 Å². The molecule has 0 bridgehead atoms. The van der Waals surface area contributed by atoms with E-state index in [-0.39, 0.29) is 5.97 Å². The molecule has 0 saturated heterocycles. The van der Waals surface area contributed by atoms with Crippen molar-refractivity contribution < 1.29 is 9.53 Å². The van der Waals surface area contributed by atoms with Gasteiger partial charge < -0.3 is 15.0 Å². The van der Waals surface area contributed by atoms with Gasteiger partial charge in [0.1, 0.15) is 0 Å². The number of anilines is 1. The molecule has 2 rings (SSSR count). The van der Waals surface area contributed by atoms with Crippen LogP contribution in [0.15, 0.2) is 12.1 Å². The minimum atomic E-state index is -0.358. The Morgan fingerprint density at radius 1 is 1.50 bits per heavy atom. The molecule has 2 aromatic rings. The van der Waals surface area contributed by atoms with Crippen LogP contribution in [-0.2, 0) is 11.3 Å². The lowest BCUT2D eigenvalue weighted by Crippen LogP contribution is -2.04. The number of ether oxygens (including phenoxy) is 1. The number of hydrogen-bond acceptors (Lipinski definition) is 4. The molecule has 5 nitrogen and oxygen atoms in total. The van der Waals surface area contributed by atoms with Gasteiger partial charge in [0.05, 0.1) is 23.7 Å². The lowest BCUT2D eigenvalue weighted by molar-refractivity contribution is 0.0601. The summed E-state index contributed by atoms with van der Waals surface area (Å²) >= 11 is 0. The molecule has 2 N–H and O–H groups in total. The fourth-order valence-corrected chi connectivity index (χ4v) is 2.18. The van der Waals surface area contributed by atoms with Crippen molar-refractivity contribution in [3.63, 3.8) is 0 Å². The lowest BCUT2D eigenvalue weighted by Gasteiger charge is -2.07. The van der Waals surface area contributed by atoms with Crippen LogP contribution in [0.1, 0.15) is 29.3 Å². The number of methoxy groups -OCH3 is 1. The fourth-order valence-electron chi connectivity index (χ4n) is 2.18. The van der Waals surface area contributed by atoms with Gasteiger partial charge in [0, 0.05) is 6.54 Å². The Bertz CT molecular complexity index is 602. The van der Waals surface area contributed by atoms with E-state index in [2.05, 4.69) is 11.9 Å². The summed E-state index contributed by atoms with van der Waals surface area (Å²) in [7, 11) is 1.37. The summed E-state index contributed by atoms with van der Waals surface area (Å²) in [4.78, 5) is 15.8. The zero-order chi connectivity index (χ0) is 13.3. The normalized spacial score (nSPS) is 10.8. The highest BCUT2D eigenvalue weighted by Gasteiger charge is 2.14. The smallest absolute Gasteiger partial charge is 0.337 e. The Morgan fingerprint density at radius 3 is 2.83 bits per heavy atom. The number of nitrogen functional groups attached to an aromatic ring is 1. The molecule has 1 aromatic carbocycles. The number of esters is 1. The summed E-state index contributed by atoms with van der Waals surface area (Å²) in [5.74, 6) is 0.126. The van der Waals surface area contributed by atoms with Crippen LogP contribution < -0.4 is 5.73 Å². The molecular formula is C13H17N3O2. The summed E-state index contributed by atoms with van der Waals surface area (Å²) in [5.41, 5.74) is 9.11. The number of carbonyl (C=O) groups excluding carboxylic acids is 1. The Hall–Kier alpha value is -2.04. The first kappa shape index (κ1) is 12.4. The molecule has 1 aromatic heterocycles. The molecule has 96 valence electrons. The van der Waals surface area contributed by atoms with Crippen LogP contribution in [0, 0.1) is 6.92 Å². The van der Waals surface area contributed by atoms with Crippen molar-refractivity contribution >= 4 is 23.0 Å². The summed E-state index contributed by atoms with van der Waals surface area (Å²) in [5, 5.41) is 0.